The standard InChI is InChI=1S/C26H23BrN2O4/c1-32-18-13-9-15(10-14-18)21-22(24(30)33-2)29-23(16-7-11-17(27)12-8-16)26(21)19-5-3-4-6-20(19)28-25(26)31/h3-14,21-23,29H,1-2H3,(H,28,31)/t21-,22+,23+,26+/m0/s1. The zero-order valence-electron chi connectivity index (χ0n) is 18.2. The second kappa shape index (κ2) is 8.32. The molecule has 3 aromatic rings. The topological polar surface area (TPSA) is 76.7 Å². The molecule has 0 radical (unpaired) electrons. The summed E-state index contributed by atoms with van der Waals surface area (Å²) in [6, 6.07) is 21.9. The number of amides is 1. The molecule has 168 valence electrons. The van der Waals surface area contributed by atoms with E-state index in [9.17, 15) is 9.59 Å². The highest BCUT2D eigenvalue weighted by Gasteiger charge is 2.66. The SMILES string of the molecule is COC(=O)[C@@H]1N[C@H](c2ccc(Br)cc2)[C@]2(C(=O)Nc3ccccc32)[C@H]1c1ccc(OC)cc1. The Bertz CT molecular complexity index is 1210. The number of nitrogens with one attached hydrogen (secondary N) is 2. The molecular formula is C26H23BrN2O4. The van der Waals surface area contributed by atoms with E-state index in [-0.39, 0.29) is 5.91 Å². The molecule has 1 fully saturated rings. The molecule has 2 N–H and O–H groups in total. The van der Waals surface area contributed by atoms with Crippen LogP contribution >= 0.6 is 15.9 Å². The van der Waals surface area contributed by atoms with Gasteiger partial charge < -0.3 is 14.8 Å². The molecule has 2 heterocycles. The van der Waals surface area contributed by atoms with Gasteiger partial charge in [-0.1, -0.05) is 58.4 Å². The Kier molecular flexibility index (Phi) is 5.46. The number of hydrogen-bond donors (Lipinski definition) is 2. The maximum absolute atomic E-state index is 13.9. The molecular weight excluding hydrogens is 484 g/mol. The Labute approximate surface area is 200 Å². The van der Waals surface area contributed by atoms with Crippen LogP contribution in [0.4, 0.5) is 5.69 Å². The number of esters is 1. The van der Waals surface area contributed by atoms with E-state index in [1.807, 2.05) is 72.8 Å². The summed E-state index contributed by atoms with van der Waals surface area (Å²) in [6.07, 6.45) is 0. The van der Waals surface area contributed by atoms with Crippen LogP contribution in [0.1, 0.15) is 28.7 Å². The smallest absolute Gasteiger partial charge is 0.323 e. The first-order chi connectivity index (χ1) is 16.0. The van der Waals surface area contributed by atoms with Gasteiger partial charge in [0.15, 0.2) is 0 Å². The molecule has 0 aliphatic carbocycles. The fraction of sp³-hybridized carbons (Fsp3) is 0.231. The molecule has 6 nitrogen and oxygen atoms in total. The Morgan fingerprint density at radius 2 is 1.61 bits per heavy atom. The summed E-state index contributed by atoms with van der Waals surface area (Å²) in [4.78, 5) is 27.0. The molecule has 1 saturated heterocycles. The Morgan fingerprint density at radius 3 is 2.27 bits per heavy atom. The first-order valence-electron chi connectivity index (χ1n) is 10.6. The average molecular weight is 507 g/mol. The van der Waals surface area contributed by atoms with Gasteiger partial charge >= 0.3 is 5.97 Å². The largest absolute Gasteiger partial charge is 0.497 e. The van der Waals surface area contributed by atoms with E-state index in [0.717, 1.165) is 26.9 Å². The number of anilines is 1. The molecule has 1 spiro atoms. The minimum Gasteiger partial charge on any atom is -0.497 e. The van der Waals surface area contributed by atoms with Crippen molar-refractivity contribution >= 4 is 33.5 Å². The van der Waals surface area contributed by atoms with Crippen molar-refractivity contribution in [3.63, 3.8) is 0 Å². The van der Waals surface area contributed by atoms with Crippen molar-refractivity contribution < 1.29 is 19.1 Å². The van der Waals surface area contributed by atoms with Gasteiger partial charge in [-0.2, -0.15) is 0 Å². The van der Waals surface area contributed by atoms with Crippen LogP contribution in [-0.2, 0) is 19.7 Å². The van der Waals surface area contributed by atoms with Gasteiger partial charge in [0, 0.05) is 16.1 Å². The number of benzene rings is 3. The quantitative estimate of drug-likeness (QED) is 0.515. The van der Waals surface area contributed by atoms with Crippen molar-refractivity contribution in [2.24, 2.45) is 0 Å². The summed E-state index contributed by atoms with van der Waals surface area (Å²) in [5, 5.41) is 6.55. The van der Waals surface area contributed by atoms with Crippen LogP contribution in [0.25, 0.3) is 0 Å². The van der Waals surface area contributed by atoms with Crippen molar-refractivity contribution in [3.8, 4) is 5.75 Å². The highest BCUT2D eigenvalue weighted by Crippen LogP contribution is 2.59. The lowest BCUT2D eigenvalue weighted by Crippen LogP contribution is -2.44. The Hall–Kier alpha value is -3.16. The van der Waals surface area contributed by atoms with Crippen LogP contribution < -0.4 is 15.4 Å². The second-order valence-corrected chi connectivity index (χ2v) is 9.19. The summed E-state index contributed by atoms with van der Waals surface area (Å²) in [7, 11) is 2.98. The van der Waals surface area contributed by atoms with Crippen molar-refractivity contribution in [1.29, 1.82) is 0 Å². The van der Waals surface area contributed by atoms with Crippen LogP contribution in [0.2, 0.25) is 0 Å². The van der Waals surface area contributed by atoms with Crippen molar-refractivity contribution in [2.45, 2.75) is 23.4 Å². The van der Waals surface area contributed by atoms with E-state index in [1.54, 1.807) is 7.11 Å². The third kappa shape index (κ3) is 3.26. The minimum atomic E-state index is -1.06. The zero-order valence-corrected chi connectivity index (χ0v) is 19.8. The monoisotopic (exact) mass is 506 g/mol. The summed E-state index contributed by atoms with van der Waals surface area (Å²) >= 11 is 3.49. The minimum absolute atomic E-state index is 0.142. The lowest BCUT2D eigenvalue weighted by atomic mass is 9.63. The molecule has 3 aromatic carbocycles. The van der Waals surface area contributed by atoms with E-state index in [2.05, 4.69) is 26.6 Å². The van der Waals surface area contributed by atoms with Gasteiger partial charge in [-0.3, -0.25) is 14.9 Å². The van der Waals surface area contributed by atoms with Crippen molar-refractivity contribution in [3.05, 3.63) is 94.0 Å². The van der Waals surface area contributed by atoms with Crippen LogP contribution in [0.15, 0.2) is 77.3 Å². The summed E-state index contributed by atoms with van der Waals surface area (Å²) in [6.45, 7) is 0. The number of carbonyl (C=O) groups is 2. The highest BCUT2D eigenvalue weighted by molar-refractivity contribution is 9.10. The van der Waals surface area contributed by atoms with E-state index in [1.165, 1.54) is 7.11 Å². The highest BCUT2D eigenvalue weighted by atomic mass is 79.9. The number of carbonyl (C=O) groups excluding carboxylic acids is 2. The molecule has 0 aromatic heterocycles. The number of ether oxygens (including phenoxy) is 2. The second-order valence-electron chi connectivity index (χ2n) is 8.27. The molecule has 33 heavy (non-hydrogen) atoms. The lowest BCUT2D eigenvalue weighted by molar-refractivity contribution is -0.143. The maximum Gasteiger partial charge on any atom is 0.323 e. The predicted molar refractivity (Wildman–Crippen MR) is 128 cm³/mol. The lowest BCUT2D eigenvalue weighted by Gasteiger charge is -2.35. The van der Waals surface area contributed by atoms with Crippen LogP contribution in [0.5, 0.6) is 5.75 Å². The number of halogens is 1. The molecule has 4 atom stereocenters. The zero-order chi connectivity index (χ0) is 23.2. The van der Waals surface area contributed by atoms with Crippen LogP contribution in [-0.4, -0.2) is 32.1 Å². The molecule has 0 bridgehead atoms. The van der Waals surface area contributed by atoms with Gasteiger partial charge in [-0.25, -0.2) is 0 Å². The van der Waals surface area contributed by atoms with E-state index < -0.39 is 29.4 Å². The predicted octanol–water partition coefficient (Wildman–Crippen LogP) is 4.32. The summed E-state index contributed by atoms with van der Waals surface area (Å²) in [5.74, 6) is -0.356. The first-order valence-corrected chi connectivity index (χ1v) is 11.4. The molecule has 2 aliphatic heterocycles. The first kappa shape index (κ1) is 21.7. The fourth-order valence-corrected chi connectivity index (χ4v) is 5.62. The molecule has 2 aliphatic rings. The third-order valence-corrected chi connectivity index (χ3v) is 7.28. The average Bonchev–Trinajstić information content (AvgIpc) is 3.35. The van der Waals surface area contributed by atoms with Crippen LogP contribution in [0.3, 0.4) is 0 Å². The number of rotatable bonds is 4. The summed E-state index contributed by atoms with van der Waals surface area (Å²) < 4.78 is 11.5. The van der Waals surface area contributed by atoms with Gasteiger partial charge in [0.05, 0.1) is 20.3 Å². The fourth-order valence-electron chi connectivity index (χ4n) is 5.36. The van der Waals surface area contributed by atoms with Gasteiger partial charge in [0.25, 0.3) is 0 Å². The molecule has 1 amide bonds. The van der Waals surface area contributed by atoms with Crippen molar-refractivity contribution in [1.82, 2.24) is 5.32 Å². The number of hydrogen-bond acceptors (Lipinski definition) is 5. The van der Waals surface area contributed by atoms with E-state index in [4.69, 9.17) is 9.47 Å². The van der Waals surface area contributed by atoms with Crippen molar-refractivity contribution in [2.75, 3.05) is 19.5 Å². The molecule has 0 saturated carbocycles. The van der Waals surface area contributed by atoms with Crippen LogP contribution in [0, 0.1) is 0 Å². The molecule has 7 heteroatoms. The van der Waals surface area contributed by atoms with Gasteiger partial charge in [0.2, 0.25) is 5.91 Å². The number of methoxy groups -OCH3 is 2. The summed E-state index contributed by atoms with van der Waals surface area (Å²) in [5.41, 5.74) is 2.33. The third-order valence-electron chi connectivity index (χ3n) is 6.76. The van der Waals surface area contributed by atoms with E-state index in [0.29, 0.717) is 5.75 Å². The normalized spacial score (nSPS) is 25.5. The molecule has 5 rings (SSSR count). The molecule has 0 unspecified atom stereocenters. The Balaban J connectivity index is 1.78. The number of fused-ring (bicyclic) bond motifs is 2. The maximum atomic E-state index is 13.9. The Morgan fingerprint density at radius 1 is 0.939 bits per heavy atom. The van der Waals surface area contributed by atoms with Gasteiger partial charge in [0.1, 0.15) is 17.2 Å². The van der Waals surface area contributed by atoms with Gasteiger partial charge in [-0.15, -0.1) is 0 Å². The van der Waals surface area contributed by atoms with E-state index >= 15 is 0 Å². The van der Waals surface area contributed by atoms with Gasteiger partial charge in [-0.05, 0) is 47.0 Å². The number of para-hydroxylation sites is 1.